The summed E-state index contributed by atoms with van der Waals surface area (Å²) in [6.45, 7) is 0. The molecular formula is C22H18N2O4. The van der Waals surface area contributed by atoms with Gasteiger partial charge in [0.05, 0.1) is 31.0 Å². The summed E-state index contributed by atoms with van der Waals surface area (Å²) in [6.07, 6.45) is 0.490. The lowest BCUT2D eigenvalue weighted by molar-refractivity contribution is 0.0925. The predicted molar refractivity (Wildman–Crippen MR) is 104 cm³/mol. The zero-order valence-electron chi connectivity index (χ0n) is 15.5. The fourth-order valence-corrected chi connectivity index (χ4v) is 3.25. The second-order valence-electron chi connectivity index (χ2n) is 6.33. The van der Waals surface area contributed by atoms with Gasteiger partial charge in [0.15, 0.2) is 0 Å². The van der Waals surface area contributed by atoms with Crippen LogP contribution in [0.15, 0.2) is 60.7 Å². The summed E-state index contributed by atoms with van der Waals surface area (Å²) in [7, 11) is 3.18. The first kappa shape index (κ1) is 17.7. The number of amides is 2. The number of hydrogen-bond donors (Lipinski definition) is 0. The van der Waals surface area contributed by atoms with E-state index in [0.29, 0.717) is 29.0 Å². The summed E-state index contributed by atoms with van der Waals surface area (Å²) >= 11 is 0. The molecule has 28 heavy (non-hydrogen) atoms. The monoisotopic (exact) mass is 374 g/mol. The highest BCUT2D eigenvalue weighted by Gasteiger charge is 2.37. The van der Waals surface area contributed by atoms with E-state index in [1.54, 1.807) is 50.6 Å². The van der Waals surface area contributed by atoms with Crippen LogP contribution in [0.5, 0.6) is 11.5 Å². The molecule has 0 aliphatic carbocycles. The number of methoxy groups -OCH3 is 2. The number of carbonyl (C=O) groups excluding carboxylic acids is 2. The minimum Gasteiger partial charge on any atom is -0.497 e. The second kappa shape index (κ2) is 7.15. The van der Waals surface area contributed by atoms with Crippen molar-refractivity contribution in [3.05, 3.63) is 83.0 Å². The van der Waals surface area contributed by atoms with E-state index in [9.17, 15) is 9.59 Å². The van der Waals surface area contributed by atoms with Crippen LogP contribution in [-0.4, -0.2) is 31.0 Å². The second-order valence-corrected chi connectivity index (χ2v) is 6.33. The number of anilines is 1. The molecule has 0 spiro atoms. The molecule has 1 aromatic heterocycles. The van der Waals surface area contributed by atoms with Gasteiger partial charge in [0.2, 0.25) is 0 Å². The van der Waals surface area contributed by atoms with E-state index >= 15 is 0 Å². The lowest BCUT2D eigenvalue weighted by Crippen LogP contribution is -2.30. The van der Waals surface area contributed by atoms with E-state index in [2.05, 4.69) is 4.98 Å². The van der Waals surface area contributed by atoms with Gasteiger partial charge in [-0.15, -0.1) is 0 Å². The minimum absolute atomic E-state index is 0.288. The average molecular weight is 374 g/mol. The van der Waals surface area contributed by atoms with Gasteiger partial charge in [-0.3, -0.25) is 9.59 Å². The van der Waals surface area contributed by atoms with Crippen molar-refractivity contribution in [1.82, 2.24) is 4.98 Å². The molecule has 0 unspecified atom stereocenters. The van der Waals surface area contributed by atoms with Gasteiger partial charge in [-0.05, 0) is 42.0 Å². The lowest BCUT2D eigenvalue weighted by Gasteiger charge is -2.16. The molecule has 1 aliphatic heterocycles. The summed E-state index contributed by atoms with van der Waals surface area (Å²) in [5, 5.41) is 0. The van der Waals surface area contributed by atoms with Crippen molar-refractivity contribution in [2.24, 2.45) is 0 Å². The predicted octanol–water partition coefficient (Wildman–Crippen LogP) is 3.49. The maximum atomic E-state index is 12.7. The van der Waals surface area contributed by atoms with Gasteiger partial charge in [-0.1, -0.05) is 24.3 Å². The van der Waals surface area contributed by atoms with Crippen molar-refractivity contribution in [3.63, 3.8) is 0 Å². The molecule has 4 rings (SSSR count). The topological polar surface area (TPSA) is 68.7 Å². The summed E-state index contributed by atoms with van der Waals surface area (Å²) in [4.78, 5) is 31.1. The van der Waals surface area contributed by atoms with Crippen LogP contribution in [0, 0.1) is 0 Å². The van der Waals surface area contributed by atoms with Crippen molar-refractivity contribution in [3.8, 4) is 11.5 Å². The van der Waals surface area contributed by atoms with E-state index in [-0.39, 0.29) is 17.6 Å². The van der Waals surface area contributed by atoms with Crippen LogP contribution in [-0.2, 0) is 6.42 Å². The third-order valence-electron chi connectivity index (χ3n) is 4.69. The highest BCUT2D eigenvalue weighted by atomic mass is 16.5. The smallest absolute Gasteiger partial charge is 0.267 e. The molecule has 1 aliphatic rings. The Balaban J connectivity index is 1.69. The standard InChI is InChI=1S/C22H18N2O4/c1-27-15-9-7-14(8-10-15)13-18-19(28-2)11-12-20(23-18)24-21(25)16-5-3-4-6-17(16)22(24)26/h3-12H,13H2,1-2H3. The van der Waals surface area contributed by atoms with E-state index in [1.165, 1.54) is 0 Å². The third-order valence-corrected chi connectivity index (χ3v) is 4.69. The Morgan fingerprint density at radius 1 is 0.821 bits per heavy atom. The molecule has 0 saturated heterocycles. The average Bonchev–Trinajstić information content (AvgIpc) is 2.99. The Bertz CT molecular complexity index is 1030. The maximum absolute atomic E-state index is 12.7. The first-order valence-electron chi connectivity index (χ1n) is 8.77. The molecule has 3 aromatic rings. The Morgan fingerprint density at radius 3 is 2.04 bits per heavy atom. The molecular weight excluding hydrogens is 356 g/mol. The van der Waals surface area contributed by atoms with Crippen molar-refractivity contribution in [1.29, 1.82) is 0 Å². The first-order chi connectivity index (χ1) is 13.6. The van der Waals surface area contributed by atoms with Crippen molar-refractivity contribution in [2.45, 2.75) is 6.42 Å². The number of carbonyl (C=O) groups is 2. The number of benzene rings is 2. The van der Waals surface area contributed by atoms with Crippen LogP contribution in [0.25, 0.3) is 0 Å². The molecule has 0 atom stereocenters. The number of aromatic nitrogens is 1. The minimum atomic E-state index is -0.367. The quantitative estimate of drug-likeness (QED) is 0.640. The highest BCUT2D eigenvalue weighted by molar-refractivity contribution is 6.34. The van der Waals surface area contributed by atoms with Crippen molar-refractivity contribution < 1.29 is 19.1 Å². The summed E-state index contributed by atoms with van der Waals surface area (Å²) < 4.78 is 10.6. The van der Waals surface area contributed by atoms with Crippen molar-refractivity contribution in [2.75, 3.05) is 19.1 Å². The molecule has 6 nitrogen and oxygen atoms in total. The molecule has 0 bridgehead atoms. The maximum Gasteiger partial charge on any atom is 0.267 e. The van der Waals surface area contributed by atoms with Gasteiger partial charge >= 0.3 is 0 Å². The molecule has 6 heteroatoms. The fraction of sp³-hybridized carbons (Fsp3) is 0.136. The van der Waals surface area contributed by atoms with Crippen molar-refractivity contribution >= 4 is 17.6 Å². The van der Waals surface area contributed by atoms with E-state index < -0.39 is 0 Å². The molecule has 0 N–H and O–H groups in total. The van der Waals surface area contributed by atoms with E-state index in [1.807, 2.05) is 24.3 Å². The summed E-state index contributed by atoms with van der Waals surface area (Å²) in [6, 6.07) is 17.8. The molecule has 2 amide bonds. The van der Waals surface area contributed by atoms with Gasteiger partial charge in [-0.25, -0.2) is 9.88 Å². The Hall–Kier alpha value is -3.67. The number of imide groups is 1. The van der Waals surface area contributed by atoms with Gasteiger partial charge in [0, 0.05) is 6.42 Å². The number of ether oxygens (including phenoxy) is 2. The Kier molecular flexibility index (Phi) is 4.53. The van der Waals surface area contributed by atoms with Crippen LogP contribution >= 0.6 is 0 Å². The number of fused-ring (bicyclic) bond motifs is 1. The zero-order chi connectivity index (χ0) is 19.7. The fourth-order valence-electron chi connectivity index (χ4n) is 3.25. The van der Waals surface area contributed by atoms with Gasteiger partial charge in [0.25, 0.3) is 11.8 Å². The van der Waals surface area contributed by atoms with Crippen LogP contribution in [0.2, 0.25) is 0 Å². The number of hydrogen-bond acceptors (Lipinski definition) is 5. The van der Waals surface area contributed by atoms with E-state index in [0.717, 1.165) is 16.2 Å². The van der Waals surface area contributed by atoms with Crippen LogP contribution in [0.3, 0.4) is 0 Å². The van der Waals surface area contributed by atoms with Crippen LogP contribution in [0.1, 0.15) is 32.0 Å². The number of nitrogens with zero attached hydrogens (tertiary/aromatic N) is 2. The zero-order valence-corrected chi connectivity index (χ0v) is 15.5. The molecule has 140 valence electrons. The molecule has 2 heterocycles. The normalized spacial score (nSPS) is 12.9. The van der Waals surface area contributed by atoms with Crippen LogP contribution < -0.4 is 14.4 Å². The Labute approximate surface area is 162 Å². The Morgan fingerprint density at radius 2 is 1.46 bits per heavy atom. The highest BCUT2D eigenvalue weighted by Crippen LogP contribution is 2.30. The van der Waals surface area contributed by atoms with E-state index in [4.69, 9.17) is 9.47 Å². The number of rotatable bonds is 5. The first-order valence-corrected chi connectivity index (χ1v) is 8.77. The molecule has 0 fully saturated rings. The molecule has 2 aromatic carbocycles. The molecule has 0 saturated carbocycles. The largest absolute Gasteiger partial charge is 0.497 e. The van der Waals surface area contributed by atoms with Crippen LogP contribution in [0.4, 0.5) is 5.82 Å². The van der Waals surface area contributed by atoms with Gasteiger partial charge in [0.1, 0.15) is 17.3 Å². The van der Waals surface area contributed by atoms with Gasteiger partial charge in [-0.2, -0.15) is 0 Å². The van der Waals surface area contributed by atoms with Gasteiger partial charge < -0.3 is 9.47 Å². The third kappa shape index (κ3) is 2.99. The number of pyridine rings is 1. The lowest BCUT2D eigenvalue weighted by atomic mass is 10.1. The molecule has 0 radical (unpaired) electrons. The summed E-state index contributed by atoms with van der Waals surface area (Å²) in [5.74, 6) is 0.914. The summed E-state index contributed by atoms with van der Waals surface area (Å²) in [5.41, 5.74) is 2.43. The SMILES string of the molecule is COc1ccc(Cc2nc(N3C(=O)c4ccccc4C3=O)ccc2OC)cc1.